The smallest absolute Gasteiger partial charge is 0.238 e. The maximum atomic E-state index is 13.9. The van der Waals surface area contributed by atoms with Crippen LogP contribution in [0.4, 0.5) is 4.39 Å². The molecule has 0 radical (unpaired) electrons. The molecule has 0 bridgehead atoms. The average Bonchev–Trinajstić information content (AvgIpc) is 2.56. The van der Waals surface area contributed by atoms with Crippen LogP contribution in [0.25, 0.3) is 22.4 Å². The van der Waals surface area contributed by atoms with Crippen LogP contribution < -0.4 is 5.14 Å². The highest BCUT2D eigenvalue weighted by Crippen LogP contribution is 2.32. The van der Waals surface area contributed by atoms with Crippen molar-refractivity contribution in [1.29, 1.82) is 0 Å². The third kappa shape index (κ3) is 3.60. The molecule has 2 aromatic carbocycles. The maximum Gasteiger partial charge on any atom is 0.238 e. The second-order valence-corrected chi connectivity index (χ2v) is 7.48. The van der Waals surface area contributed by atoms with Gasteiger partial charge in [-0.15, -0.1) is 0 Å². The lowest BCUT2D eigenvalue weighted by atomic mass is 9.96. The maximum absolute atomic E-state index is 13.9. The number of halogens is 1. The van der Waals surface area contributed by atoms with Crippen LogP contribution in [0, 0.1) is 19.7 Å². The minimum atomic E-state index is -4.01. The van der Waals surface area contributed by atoms with Crippen LogP contribution in [0.15, 0.2) is 59.6 Å². The minimum absolute atomic E-state index is 0.279. The lowest BCUT2D eigenvalue weighted by molar-refractivity contribution is 0.592. The fraction of sp³-hybridized carbons (Fsp3) is 0.105. The van der Waals surface area contributed by atoms with Gasteiger partial charge in [-0.25, -0.2) is 17.9 Å². The zero-order chi connectivity index (χ0) is 18.2. The van der Waals surface area contributed by atoms with Crippen molar-refractivity contribution in [2.45, 2.75) is 18.7 Å². The molecule has 0 atom stereocenters. The molecule has 128 valence electrons. The van der Waals surface area contributed by atoms with E-state index in [0.29, 0.717) is 11.3 Å². The SMILES string of the molecule is Cc1ccc(-c2cccnc2-c2cc(F)cc(S(N)(=O)=O)c2)cc1C. The van der Waals surface area contributed by atoms with E-state index in [4.69, 9.17) is 5.14 Å². The van der Waals surface area contributed by atoms with Crippen LogP contribution in [0.2, 0.25) is 0 Å². The van der Waals surface area contributed by atoms with Crippen molar-refractivity contribution in [3.05, 3.63) is 71.7 Å². The molecule has 2 N–H and O–H groups in total. The fourth-order valence-electron chi connectivity index (χ4n) is 2.64. The number of sulfonamides is 1. The summed E-state index contributed by atoms with van der Waals surface area (Å²) in [6.07, 6.45) is 1.58. The van der Waals surface area contributed by atoms with Gasteiger partial charge in [-0.05, 0) is 54.8 Å². The number of aromatic nitrogens is 1. The number of primary sulfonamides is 1. The van der Waals surface area contributed by atoms with E-state index in [9.17, 15) is 12.8 Å². The third-order valence-corrected chi connectivity index (χ3v) is 4.99. The predicted octanol–water partition coefficient (Wildman–Crippen LogP) is 3.82. The molecule has 0 spiro atoms. The summed E-state index contributed by atoms with van der Waals surface area (Å²) >= 11 is 0. The minimum Gasteiger partial charge on any atom is -0.256 e. The Morgan fingerprint density at radius 1 is 0.960 bits per heavy atom. The van der Waals surface area contributed by atoms with Crippen LogP contribution in [0.1, 0.15) is 11.1 Å². The van der Waals surface area contributed by atoms with E-state index in [-0.39, 0.29) is 4.90 Å². The first-order valence-corrected chi connectivity index (χ1v) is 9.17. The molecular weight excluding hydrogens is 339 g/mol. The number of aryl methyl sites for hydroxylation is 2. The van der Waals surface area contributed by atoms with E-state index >= 15 is 0 Å². The van der Waals surface area contributed by atoms with Gasteiger partial charge in [0.05, 0.1) is 10.6 Å². The molecule has 0 aliphatic carbocycles. The molecule has 3 rings (SSSR count). The topological polar surface area (TPSA) is 73.0 Å². The van der Waals surface area contributed by atoms with Gasteiger partial charge in [-0.3, -0.25) is 4.98 Å². The lowest BCUT2D eigenvalue weighted by Crippen LogP contribution is -2.12. The van der Waals surface area contributed by atoms with Crippen molar-refractivity contribution in [2.75, 3.05) is 0 Å². The second kappa shape index (κ2) is 6.38. The van der Waals surface area contributed by atoms with Crippen LogP contribution in [-0.2, 0) is 10.0 Å². The predicted molar refractivity (Wildman–Crippen MR) is 95.9 cm³/mol. The van der Waals surface area contributed by atoms with Crippen molar-refractivity contribution in [3.63, 3.8) is 0 Å². The number of hydrogen-bond acceptors (Lipinski definition) is 3. The van der Waals surface area contributed by atoms with Gasteiger partial charge in [0.1, 0.15) is 5.82 Å². The molecule has 3 aromatic rings. The molecule has 1 heterocycles. The number of nitrogens with two attached hydrogens (primary N) is 1. The zero-order valence-corrected chi connectivity index (χ0v) is 14.6. The molecule has 0 saturated heterocycles. The number of rotatable bonds is 3. The molecule has 0 saturated carbocycles. The number of benzene rings is 2. The van der Waals surface area contributed by atoms with Crippen molar-refractivity contribution in [2.24, 2.45) is 5.14 Å². The Balaban J connectivity index is 2.23. The second-order valence-electron chi connectivity index (χ2n) is 5.92. The van der Waals surface area contributed by atoms with Gasteiger partial charge in [-0.1, -0.05) is 24.3 Å². The Kier molecular flexibility index (Phi) is 4.41. The first-order chi connectivity index (χ1) is 11.8. The van der Waals surface area contributed by atoms with Crippen molar-refractivity contribution < 1.29 is 12.8 Å². The summed E-state index contributed by atoms with van der Waals surface area (Å²) in [7, 11) is -4.01. The summed E-state index contributed by atoms with van der Waals surface area (Å²) < 4.78 is 37.1. The van der Waals surface area contributed by atoms with Gasteiger partial charge < -0.3 is 0 Å². The largest absolute Gasteiger partial charge is 0.256 e. The van der Waals surface area contributed by atoms with Crippen molar-refractivity contribution in [1.82, 2.24) is 4.98 Å². The highest BCUT2D eigenvalue weighted by Gasteiger charge is 2.15. The van der Waals surface area contributed by atoms with E-state index < -0.39 is 15.8 Å². The third-order valence-electron chi connectivity index (χ3n) is 4.10. The standard InChI is InChI=1S/C19H17FN2O2S/c1-12-5-6-14(8-13(12)2)18-4-3-7-22-19(18)15-9-16(20)11-17(10-15)25(21,23)24/h3-11H,1-2H3,(H2,21,23,24). The van der Waals surface area contributed by atoms with E-state index in [0.717, 1.165) is 28.3 Å². The highest BCUT2D eigenvalue weighted by molar-refractivity contribution is 7.89. The highest BCUT2D eigenvalue weighted by atomic mass is 32.2. The first kappa shape index (κ1) is 17.3. The quantitative estimate of drug-likeness (QED) is 0.775. The summed E-state index contributed by atoms with van der Waals surface area (Å²) in [4.78, 5) is 4.06. The Hall–Kier alpha value is -2.57. The molecule has 1 aromatic heterocycles. The Bertz CT molecular complexity index is 1060. The summed E-state index contributed by atoms with van der Waals surface area (Å²) in [6, 6.07) is 13.1. The summed E-state index contributed by atoms with van der Waals surface area (Å²) in [6.45, 7) is 4.03. The van der Waals surface area contributed by atoms with Gasteiger partial charge in [0.2, 0.25) is 10.0 Å². The Morgan fingerprint density at radius 2 is 1.72 bits per heavy atom. The van der Waals surface area contributed by atoms with Gasteiger partial charge in [0.25, 0.3) is 0 Å². The van der Waals surface area contributed by atoms with Crippen molar-refractivity contribution in [3.8, 4) is 22.4 Å². The summed E-state index contributed by atoms with van der Waals surface area (Å²) in [5, 5.41) is 5.14. The first-order valence-electron chi connectivity index (χ1n) is 7.62. The monoisotopic (exact) mass is 356 g/mol. The van der Waals surface area contributed by atoms with Crippen LogP contribution in [-0.4, -0.2) is 13.4 Å². The lowest BCUT2D eigenvalue weighted by Gasteiger charge is -2.12. The van der Waals surface area contributed by atoms with E-state index in [1.807, 2.05) is 38.1 Å². The van der Waals surface area contributed by atoms with Gasteiger partial charge in [-0.2, -0.15) is 0 Å². The van der Waals surface area contributed by atoms with Crippen LogP contribution in [0.3, 0.4) is 0 Å². The van der Waals surface area contributed by atoms with Crippen molar-refractivity contribution >= 4 is 10.0 Å². The number of pyridine rings is 1. The van der Waals surface area contributed by atoms with Gasteiger partial charge in [0.15, 0.2) is 0 Å². The molecule has 0 fully saturated rings. The Morgan fingerprint density at radius 3 is 2.40 bits per heavy atom. The average molecular weight is 356 g/mol. The molecule has 4 nitrogen and oxygen atoms in total. The van der Waals surface area contributed by atoms with Crippen LogP contribution in [0.5, 0.6) is 0 Å². The fourth-order valence-corrected chi connectivity index (χ4v) is 3.21. The molecule has 0 aliphatic heterocycles. The van der Waals surface area contributed by atoms with E-state index in [2.05, 4.69) is 4.98 Å². The van der Waals surface area contributed by atoms with E-state index in [1.54, 1.807) is 12.3 Å². The zero-order valence-electron chi connectivity index (χ0n) is 13.8. The molecule has 25 heavy (non-hydrogen) atoms. The number of hydrogen-bond donors (Lipinski definition) is 1. The Labute approximate surface area is 146 Å². The molecule has 0 aliphatic rings. The van der Waals surface area contributed by atoms with E-state index in [1.165, 1.54) is 12.1 Å². The molecule has 6 heteroatoms. The molecular formula is C19H17FN2O2S. The number of nitrogens with zero attached hydrogens (tertiary/aromatic N) is 1. The summed E-state index contributed by atoms with van der Waals surface area (Å²) in [5.41, 5.74) is 4.85. The van der Waals surface area contributed by atoms with Gasteiger partial charge in [0, 0.05) is 17.3 Å². The molecule has 0 amide bonds. The van der Waals surface area contributed by atoms with Crippen LogP contribution >= 0.6 is 0 Å². The van der Waals surface area contributed by atoms with Gasteiger partial charge >= 0.3 is 0 Å². The summed E-state index contributed by atoms with van der Waals surface area (Å²) in [5.74, 6) is -0.682. The molecule has 0 unspecified atom stereocenters. The normalized spacial score (nSPS) is 11.5.